The van der Waals surface area contributed by atoms with Crippen LogP contribution in [0.2, 0.25) is 0 Å². The average Bonchev–Trinajstić information content (AvgIpc) is 2.90. The van der Waals surface area contributed by atoms with Gasteiger partial charge >= 0.3 is 0 Å². The Morgan fingerprint density at radius 2 is 2.06 bits per heavy atom. The molecular formula is C12H16BrNO3S. The van der Waals surface area contributed by atoms with Crippen molar-refractivity contribution < 1.29 is 13.2 Å². The van der Waals surface area contributed by atoms with Crippen LogP contribution in [0.4, 0.5) is 0 Å². The largest absolute Gasteiger partial charge is 0.377 e. The van der Waals surface area contributed by atoms with Gasteiger partial charge in [-0.25, -0.2) is 13.1 Å². The molecule has 1 unspecified atom stereocenters. The number of ether oxygens (including phenoxy) is 1. The van der Waals surface area contributed by atoms with Crippen molar-refractivity contribution in [3.05, 3.63) is 29.8 Å². The molecule has 100 valence electrons. The number of alkyl halides is 1. The number of hydrogen-bond acceptors (Lipinski definition) is 3. The standard InChI is InChI=1S/C12H16BrNO3S/c13-8-10-3-5-12(6-4-10)18(15,16)14-9-11-2-1-7-17-11/h3-6,11,14H,1-2,7-9H2. The van der Waals surface area contributed by atoms with Crippen LogP contribution < -0.4 is 4.72 Å². The number of rotatable bonds is 5. The monoisotopic (exact) mass is 333 g/mol. The second-order valence-electron chi connectivity index (χ2n) is 4.26. The predicted octanol–water partition coefficient (Wildman–Crippen LogP) is 2.04. The zero-order valence-corrected chi connectivity index (χ0v) is 12.3. The maximum Gasteiger partial charge on any atom is 0.240 e. The summed E-state index contributed by atoms with van der Waals surface area (Å²) < 4.78 is 32.0. The maximum absolute atomic E-state index is 12.0. The predicted molar refractivity (Wildman–Crippen MR) is 73.2 cm³/mol. The van der Waals surface area contributed by atoms with E-state index in [1.165, 1.54) is 0 Å². The van der Waals surface area contributed by atoms with Gasteiger partial charge in [0.1, 0.15) is 0 Å². The highest BCUT2D eigenvalue weighted by Crippen LogP contribution is 2.14. The van der Waals surface area contributed by atoms with Crippen LogP contribution in [-0.4, -0.2) is 27.7 Å². The first-order chi connectivity index (χ1) is 8.62. The molecule has 1 aromatic rings. The highest BCUT2D eigenvalue weighted by Gasteiger charge is 2.19. The van der Waals surface area contributed by atoms with E-state index in [1.54, 1.807) is 24.3 Å². The molecule has 2 rings (SSSR count). The van der Waals surface area contributed by atoms with Gasteiger partial charge < -0.3 is 4.74 Å². The Hall–Kier alpha value is -0.430. The summed E-state index contributed by atoms with van der Waals surface area (Å²) in [6.07, 6.45) is 1.94. The lowest BCUT2D eigenvalue weighted by molar-refractivity contribution is 0.114. The molecule has 6 heteroatoms. The van der Waals surface area contributed by atoms with Gasteiger partial charge in [-0.05, 0) is 30.5 Å². The minimum Gasteiger partial charge on any atom is -0.377 e. The first-order valence-electron chi connectivity index (χ1n) is 5.88. The summed E-state index contributed by atoms with van der Waals surface area (Å²) in [5.41, 5.74) is 1.05. The minimum absolute atomic E-state index is 0.0154. The molecule has 1 atom stereocenters. The fourth-order valence-electron chi connectivity index (χ4n) is 1.85. The molecule has 0 aromatic heterocycles. The highest BCUT2D eigenvalue weighted by molar-refractivity contribution is 9.08. The van der Waals surface area contributed by atoms with Gasteiger partial charge in [0.2, 0.25) is 10.0 Å². The summed E-state index contributed by atoms with van der Waals surface area (Å²) in [5, 5.41) is 0.719. The number of sulfonamides is 1. The minimum atomic E-state index is -3.42. The average molecular weight is 334 g/mol. The topological polar surface area (TPSA) is 55.4 Å². The Labute approximate surface area is 116 Å². The number of hydrogen-bond donors (Lipinski definition) is 1. The molecule has 0 saturated carbocycles. The fourth-order valence-corrected chi connectivity index (χ4v) is 3.29. The van der Waals surface area contributed by atoms with E-state index in [2.05, 4.69) is 20.7 Å². The molecule has 1 aliphatic rings. The third kappa shape index (κ3) is 3.54. The van der Waals surface area contributed by atoms with Crippen molar-refractivity contribution in [3.8, 4) is 0 Å². The van der Waals surface area contributed by atoms with E-state index in [0.29, 0.717) is 11.4 Å². The second kappa shape index (κ2) is 6.14. The lowest BCUT2D eigenvalue weighted by atomic mass is 10.2. The summed E-state index contributed by atoms with van der Waals surface area (Å²) in [6.45, 7) is 1.08. The molecule has 1 saturated heterocycles. The Kier molecular flexibility index (Phi) is 4.77. The van der Waals surface area contributed by atoms with Gasteiger partial charge in [-0.1, -0.05) is 28.1 Å². The van der Waals surface area contributed by atoms with Crippen LogP contribution in [0.3, 0.4) is 0 Å². The van der Waals surface area contributed by atoms with Crippen LogP contribution in [0.25, 0.3) is 0 Å². The van der Waals surface area contributed by atoms with Crippen molar-refractivity contribution >= 4 is 26.0 Å². The van der Waals surface area contributed by atoms with Gasteiger partial charge in [0.15, 0.2) is 0 Å². The van der Waals surface area contributed by atoms with Crippen molar-refractivity contribution in [1.29, 1.82) is 0 Å². The van der Waals surface area contributed by atoms with Crippen LogP contribution in [-0.2, 0) is 20.1 Å². The normalized spacial score (nSPS) is 20.2. The third-order valence-corrected chi connectivity index (χ3v) is 5.00. The molecule has 18 heavy (non-hydrogen) atoms. The number of halogens is 1. The Bertz CT molecular complexity index is 481. The first-order valence-corrected chi connectivity index (χ1v) is 8.48. The molecule has 0 spiro atoms. The van der Waals surface area contributed by atoms with E-state index in [-0.39, 0.29) is 6.10 Å². The zero-order valence-electron chi connectivity index (χ0n) is 9.93. The third-order valence-electron chi connectivity index (χ3n) is 2.91. The quantitative estimate of drug-likeness (QED) is 0.839. The molecule has 1 aliphatic heterocycles. The van der Waals surface area contributed by atoms with Crippen molar-refractivity contribution in [2.45, 2.75) is 29.2 Å². The number of nitrogens with one attached hydrogen (secondary N) is 1. The van der Waals surface area contributed by atoms with Gasteiger partial charge in [-0.2, -0.15) is 0 Å². The SMILES string of the molecule is O=S(=O)(NCC1CCCO1)c1ccc(CBr)cc1. The lowest BCUT2D eigenvalue weighted by Crippen LogP contribution is -2.31. The van der Waals surface area contributed by atoms with E-state index in [9.17, 15) is 8.42 Å². The molecule has 1 heterocycles. The fraction of sp³-hybridized carbons (Fsp3) is 0.500. The van der Waals surface area contributed by atoms with Gasteiger partial charge in [-0.3, -0.25) is 0 Å². The van der Waals surface area contributed by atoms with E-state index in [1.807, 2.05) is 0 Å². The van der Waals surface area contributed by atoms with Gasteiger partial charge in [0, 0.05) is 18.5 Å². The molecule has 0 amide bonds. The molecule has 0 bridgehead atoms. The first kappa shape index (κ1) is 14.0. The lowest BCUT2D eigenvalue weighted by Gasteiger charge is -2.11. The van der Waals surface area contributed by atoms with Crippen LogP contribution in [0, 0.1) is 0 Å². The number of benzene rings is 1. The zero-order chi connectivity index (χ0) is 13.0. The van der Waals surface area contributed by atoms with Gasteiger partial charge in [0.25, 0.3) is 0 Å². The second-order valence-corrected chi connectivity index (χ2v) is 6.59. The Morgan fingerprint density at radius 3 is 2.61 bits per heavy atom. The molecule has 4 nitrogen and oxygen atoms in total. The van der Waals surface area contributed by atoms with Crippen molar-refractivity contribution in [2.75, 3.05) is 13.2 Å². The van der Waals surface area contributed by atoms with Crippen LogP contribution in [0.5, 0.6) is 0 Å². The summed E-state index contributed by atoms with van der Waals surface area (Å²) in [5.74, 6) is 0. The van der Waals surface area contributed by atoms with Gasteiger partial charge in [-0.15, -0.1) is 0 Å². The van der Waals surface area contributed by atoms with Crippen molar-refractivity contribution in [3.63, 3.8) is 0 Å². The van der Waals surface area contributed by atoms with Crippen LogP contribution in [0.1, 0.15) is 18.4 Å². The summed E-state index contributed by atoms with van der Waals surface area (Å²) in [6, 6.07) is 6.84. The molecular weight excluding hydrogens is 318 g/mol. The van der Waals surface area contributed by atoms with Crippen LogP contribution >= 0.6 is 15.9 Å². The molecule has 0 radical (unpaired) electrons. The molecule has 1 aromatic carbocycles. The van der Waals surface area contributed by atoms with Crippen molar-refractivity contribution in [2.24, 2.45) is 0 Å². The Balaban J connectivity index is 2.00. The van der Waals surface area contributed by atoms with Crippen molar-refractivity contribution in [1.82, 2.24) is 4.72 Å². The van der Waals surface area contributed by atoms with E-state index in [4.69, 9.17) is 4.74 Å². The molecule has 1 N–H and O–H groups in total. The smallest absolute Gasteiger partial charge is 0.240 e. The van der Waals surface area contributed by atoms with E-state index in [0.717, 1.165) is 30.3 Å². The summed E-state index contributed by atoms with van der Waals surface area (Å²) >= 11 is 3.33. The van der Waals surface area contributed by atoms with E-state index < -0.39 is 10.0 Å². The maximum atomic E-state index is 12.0. The highest BCUT2D eigenvalue weighted by atomic mass is 79.9. The Morgan fingerprint density at radius 1 is 1.33 bits per heavy atom. The summed E-state index contributed by atoms with van der Waals surface area (Å²) in [7, 11) is -3.42. The molecule has 0 aliphatic carbocycles. The summed E-state index contributed by atoms with van der Waals surface area (Å²) in [4.78, 5) is 0.296. The molecule has 1 fully saturated rings. The van der Waals surface area contributed by atoms with E-state index >= 15 is 0 Å². The van der Waals surface area contributed by atoms with Crippen LogP contribution in [0.15, 0.2) is 29.2 Å². The van der Waals surface area contributed by atoms with Gasteiger partial charge in [0.05, 0.1) is 11.0 Å².